The lowest BCUT2D eigenvalue weighted by Gasteiger charge is -2.30. The molecule has 5 heteroatoms. The zero-order chi connectivity index (χ0) is 17.6. The zero-order valence-electron chi connectivity index (χ0n) is 12.9. The van der Waals surface area contributed by atoms with Crippen LogP contribution in [-0.2, 0) is 10.3 Å². The summed E-state index contributed by atoms with van der Waals surface area (Å²) in [6.45, 7) is 0. The lowest BCUT2D eigenvalue weighted by molar-refractivity contribution is 0.0251. The average Bonchev–Trinajstić information content (AvgIpc) is 2.94. The van der Waals surface area contributed by atoms with Crippen LogP contribution in [-0.4, -0.2) is 11.1 Å². The van der Waals surface area contributed by atoms with Crippen LogP contribution < -0.4 is 0 Å². The molecule has 1 N–H and O–H groups in total. The van der Waals surface area contributed by atoms with Gasteiger partial charge < -0.3 is 9.84 Å². The van der Waals surface area contributed by atoms with E-state index in [4.69, 9.17) is 4.74 Å². The van der Waals surface area contributed by atoms with E-state index in [1.807, 2.05) is 48.5 Å². The summed E-state index contributed by atoms with van der Waals surface area (Å²) in [6.07, 6.45) is 0. The number of phenolic OH excluding ortho intramolecular Hbond substituents is 1. The first kappa shape index (κ1) is 16.4. The fourth-order valence-electron chi connectivity index (χ4n) is 3.25. The number of aromatic hydroxyl groups is 1. The Labute approximate surface area is 161 Å². The van der Waals surface area contributed by atoms with Crippen LogP contribution in [0.25, 0.3) is 0 Å². The van der Waals surface area contributed by atoms with Gasteiger partial charge in [0, 0.05) is 16.7 Å². The van der Waals surface area contributed by atoms with E-state index in [0.29, 0.717) is 14.5 Å². The molecule has 1 aliphatic rings. The first-order valence-electron chi connectivity index (χ1n) is 7.61. The molecule has 1 aliphatic heterocycles. The smallest absolute Gasteiger partial charge is 0.340 e. The van der Waals surface area contributed by atoms with Gasteiger partial charge in [-0.25, -0.2) is 4.79 Å². The molecule has 25 heavy (non-hydrogen) atoms. The van der Waals surface area contributed by atoms with Crippen LogP contribution >= 0.6 is 31.9 Å². The van der Waals surface area contributed by atoms with Gasteiger partial charge in [0.25, 0.3) is 0 Å². The maximum atomic E-state index is 12.6. The molecule has 3 aromatic carbocycles. The zero-order valence-corrected chi connectivity index (χ0v) is 16.0. The van der Waals surface area contributed by atoms with Gasteiger partial charge in [0.15, 0.2) is 5.60 Å². The number of fused-ring (bicyclic) bond motifs is 1. The topological polar surface area (TPSA) is 46.5 Å². The van der Waals surface area contributed by atoms with E-state index in [2.05, 4.69) is 31.9 Å². The van der Waals surface area contributed by atoms with E-state index in [1.165, 1.54) is 0 Å². The number of hydrogen-bond acceptors (Lipinski definition) is 3. The highest BCUT2D eigenvalue weighted by atomic mass is 79.9. The Kier molecular flexibility index (Phi) is 3.93. The number of carbonyl (C=O) groups is 1. The van der Waals surface area contributed by atoms with Crippen molar-refractivity contribution < 1.29 is 14.6 Å². The summed E-state index contributed by atoms with van der Waals surface area (Å²) in [5.74, 6) is -0.260. The fraction of sp³-hybridized carbons (Fsp3) is 0.0500. The molecule has 0 bridgehead atoms. The first-order chi connectivity index (χ1) is 12.0. The average molecular weight is 460 g/mol. The van der Waals surface area contributed by atoms with Gasteiger partial charge in [-0.05, 0) is 50.1 Å². The number of phenols is 1. The Morgan fingerprint density at radius 1 is 0.840 bits per heavy atom. The summed E-state index contributed by atoms with van der Waals surface area (Å²) in [4.78, 5) is 12.6. The van der Waals surface area contributed by atoms with E-state index < -0.39 is 5.60 Å². The van der Waals surface area contributed by atoms with Gasteiger partial charge >= 0.3 is 5.97 Å². The number of cyclic esters (lactones) is 1. The second kappa shape index (κ2) is 6.00. The quantitative estimate of drug-likeness (QED) is 0.523. The molecule has 1 atom stereocenters. The third-order valence-corrected chi connectivity index (χ3v) is 5.58. The highest BCUT2D eigenvalue weighted by molar-refractivity contribution is 9.11. The molecule has 0 saturated carbocycles. The van der Waals surface area contributed by atoms with Crippen molar-refractivity contribution in [2.45, 2.75) is 5.60 Å². The Hall–Kier alpha value is -2.11. The van der Waals surface area contributed by atoms with Crippen LogP contribution in [0.4, 0.5) is 0 Å². The normalized spacial score (nSPS) is 18.7. The highest BCUT2D eigenvalue weighted by Gasteiger charge is 2.48. The molecule has 0 amide bonds. The Bertz CT molecular complexity index is 962. The summed E-state index contributed by atoms with van der Waals surface area (Å²) in [5.41, 5.74) is 1.86. The molecule has 1 heterocycles. The fourth-order valence-corrected chi connectivity index (χ4v) is 4.44. The summed E-state index contributed by atoms with van der Waals surface area (Å²) >= 11 is 6.75. The largest absolute Gasteiger partial charge is 0.506 e. The number of hydrogen-bond donors (Lipinski definition) is 1. The lowest BCUT2D eigenvalue weighted by Crippen LogP contribution is -2.29. The molecule has 0 fully saturated rings. The third-order valence-electron chi connectivity index (χ3n) is 4.38. The van der Waals surface area contributed by atoms with Crippen molar-refractivity contribution in [3.63, 3.8) is 0 Å². The summed E-state index contributed by atoms with van der Waals surface area (Å²) < 4.78 is 7.02. The Morgan fingerprint density at radius 2 is 1.44 bits per heavy atom. The summed E-state index contributed by atoms with van der Waals surface area (Å²) in [7, 11) is 0. The molecule has 3 nitrogen and oxygen atoms in total. The standard InChI is InChI=1S/C20H12Br2O3/c21-16-10-13(11-17(22)18(16)23)20(12-6-2-1-3-7-12)15-9-5-4-8-14(15)19(24)25-20/h1-11,23H/t20-/m1/s1. The van der Waals surface area contributed by atoms with E-state index in [0.717, 1.165) is 16.7 Å². The van der Waals surface area contributed by atoms with E-state index in [-0.39, 0.29) is 11.7 Å². The maximum absolute atomic E-state index is 12.6. The highest BCUT2D eigenvalue weighted by Crippen LogP contribution is 2.49. The summed E-state index contributed by atoms with van der Waals surface area (Å²) in [5, 5.41) is 10.1. The van der Waals surface area contributed by atoms with Crippen LogP contribution in [0.15, 0.2) is 75.7 Å². The van der Waals surface area contributed by atoms with Crippen molar-refractivity contribution in [3.8, 4) is 5.75 Å². The predicted octanol–water partition coefficient (Wildman–Crippen LogP) is 5.38. The molecule has 0 spiro atoms. The van der Waals surface area contributed by atoms with Crippen LogP contribution in [0.2, 0.25) is 0 Å². The van der Waals surface area contributed by atoms with Gasteiger partial charge in [0.2, 0.25) is 0 Å². The maximum Gasteiger partial charge on any atom is 0.340 e. The molecular weight excluding hydrogens is 448 g/mol. The number of carbonyl (C=O) groups excluding carboxylic acids is 1. The van der Waals surface area contributed by atoms with Crippen LogP contribution in [0, 0.1) is 0 Å². The first-order valence-corrected chi connectivity index (χ1v) is 9.19. The van der Waals surface area contributed by atoms with Gasteiger partial charge in [0.05, 0.1) is 14.5 Å². The van der Waals surface area contributed by atoms with Crippen molar-refractivity contribution in [3.05, 3.63) is 97.9 Å². The molecule has 0 aromatic heterocycles. The molecule has 0 radical (unpaired) electrons. The van der Waals surface area contributed by atoms with Gasteiger partial charge in [-0.2, -0.15) is 0 Å². The Balaban J connectivity index is 2.08. The monoisotopic (exact) mass is 458 g/mol. The van der Waals surface area contributed by atoms with Crippen molar-refractivity contribution in [1.82, 2.24) is 0 Å². The van der Waals surface area contributed by atoms with E-state index >= 15 is 0 Å². The Morgan fingerprint density at radius 3 is 2.12 bits per heavy atom. The molecule has 4 rings (SSSR count). The van der Waals surface area contributed by atoms with Crippen molar-refractivity contribution in [2.24, 2.45) is 0 Å². The molecule has 0 aliphatic carbocycles. The van der Waals surface area contributed by atoms with Crippen LogP contribution in [0.5, 0.6) is 5.75 Å². The van der Waals surface area contributed by atoms with Crippen LogP contribution in [0.1, 0.15) is 27.0 Å². The minimum atomic E-state index is -1.06. The molecular formula is C20H12Br2O3. The van der Waals surface area contributed by atoms with Crippen LogP contribution in [0.3, 0.4) is 0 Å². The summed E-state index contributed by atoms with van der Waals surface area (Å²) in [6, 6.07) is 20.6. The molecule has 124 valence electrons. The third kappa shape index (κ3) is 2.41. The van der Waals surface area contributed by atoms with Crippen molar-refractivity contribution >= 4 is 37.8 Å². The predicted molar refractivity (Wildman–Crippen MR) is 102 cm³/mol. The van der Waals surface area contributed by atoms with Gasteiger partial charge in [-0.3, -0.25) is 0 Å². The minimum Gasteiger partial charge on any atom is -0.506 e. The molecule has 0 unspecified atom stereocenters. The van der Waals surface area contributed by atoms with E-state index in [9.17, 15) is 9.90 Å². The number of rotatable bonds is 2. The number of esters is 1. The number of benzene rings is 3. The van der Waals surface area contributed by atoms with Crippen molar-refractivity contribution in [1.29, 1.82) is 0 Å². The SMILES string of the molecule is O=C1O[C@](c2ccccc2)(c2cc(Br)c(O)c(Br)c2)c2ccccc21. The van der Waals surface area contributed by atoms with E-state index in [1.54, 1.807) is 18.2 Å². The van der Waals surface area contributed by atoms with Gasteiger partial charge in [-0.15, -0.1) is 0 Å². The second-order valence-corrected chi connectivity index (χ2v) is 7.48. The van der Waals surface area contributed by atoms with Gasteiger partial charge in [-0.1, -0.05) is 48.5 Å². The molecule has 0 saturated heterocycles. The van der Waals surface area contributed by atoms with Crippen molar-refractivity contribution in [2.75, 3.05) is 0 Å². The lowest BCUT2D eigenvalue weighted by atomic mass is 9.80. The number of halogens is 2. The van der Waals surface area contributed by atoms with Gasteiger partial charge in [0.1, 0.15) is 5.75 Å². The molecule has 3 aromatic rings. The minimum absolute atomic E-state index is 0.101. The second-order valence-electron chi connectivity index (χ2n) is 5.77. The number of ether oxygens (including phenoxy) is 1.